The van der Waals surface area contributed by atoms with Crippen LogP contribution in [0, 0.1) is 0 Å². The molecule has 0 saturated carbocycles. The predicted octanol–water partition coefficient (Wildman–Crippen LogP) is 3.03. The van der Waals surface area contributed by atoms with Crippen molar-refractivity contribution in [3.8, 4) is 0 Å². The third-order valence-corrected chi connectivity index (χ3v) is 3.21. The Morgan fingerprint density at radius 2 is 2.00 bits per heavy atom. The highest BCUT2D eigenvalue weighted by Crippen LogP contribution is 2.33. The number of ether oxygens (including phenoxy) is 1. The fraction of sp³-hybridized carbons (Fsp3) is 0.417. The van der Waals surface area contributed by atoms with E-state index in [1.165, 1.54) is 0 Å². The largest absolute Gasteiger partial charge is 0.461 e. The molecule has 3 heteroatoms. The van der Waals surface area contributed by atoms with Crippen LogP contribution in [0.2, 0.25) is 0 Å². The van der Waals surface area contributed by atoms with Gasteiger partial charge in [0.15, 0.2) is 0 Å². The first-order chi connectivity index (χ1) is 6.99. The topological polar surface area (TPSA) is 26.3 Å². The Kier molecular flexibility index (Phi) is 3.80. The monoisotopic (exact) mass is 224 g/mol. The zero-order valence-corrected chi connectivity index (χ0v) is 10.1. The van der Waals surface area contributed by atoms with Crippen molar-refractivity contribution in [2.75, 3.05) is 0 Å². The van der Waals surface area contributed by atoms with Crippen molar-refractivity contribution in [1.29, 1.82) is 0 Å². The molecule has 0 aliphatic carbocycles. The van der Waals surface area contributed by atoms with Crippen LogP contribution in [0.1, 0.15) is 32.3 Å². The summed E-state index contributed by atoms with van der Waals surface area (Å²) in [5.41, 5.74) is 0.577. The third-order valence-electron chi connectivity index (χ3n) is 2.80. The van der Waals surface area contributed by atoms with Gasteiger partial charge in [-0.3, -0.25) is 4.79 Å². The zero-order chi connectivity index (χ0) is 11.5. The molecule has 2 nitrogen and oxygen atoms in total. The van der Waals surface area contributed by atoms with E-state index in [0.717, 1.165) is 10.5 Å². The second kappa shape index (κ2) is 4.71. The quantitative estimate of drug-likeness (QED) is 0.628. The van der Waals surface area contributed by atoms with Crippen molar-refractivity contribution >= 4 is 19.1 Å². The minimum atomic E-state index is -0.513. The lowest BCUT2D eigenvalue weighted by atomic mass is 9.86. The fourth-order valence-corrected chi connectivity index (χ4v) is 1.81. The van der Waals surface area contributed by atoms with Crippen LogP contribution < -0.4 is 0 Å². The van der Waals surface area contributed by atoms with Gasteiger partial charge in [-0.05, 0) is 25.5 Å². The lowest BCUT2D eigenvalue weighted by Gasteiger charge is -2.30. The van der Waals surface area contributed by atoms with Crippen LogP contribution in [0.25, 0.3) is 0 Å². The lowest BCUT2D eigenvalue weighted by Crippen LogP contribution is -2.30. The number of carbonyl (C=O) groups is 1. The van der Waals surface area contributed by atoms with Gasteiger partial charge in [0.1, 0.15) is 5.60 Å². The molecule has 0 aliphatic heterocycles. The summed E-state index contributed by atoms with van der Waals surface area (Å²) in [4.78, 5) is 11.3. The maximum atomic E-state index is 10.4. The summed E-state index contributed by atoms with van der Waals surface area (Å²) in [6.07, 6.45) is 0. The smallest absolute Gasteiger partial charge is 0.293 e. The van der Waals surface area contributed by atoms with E-state index in [1.807, 2.05) is 45.0 Å². The minimum Gasteiger partial charge on any atom is -0.461 e. The highest BCUT2D eigenvalue weighted by Gasteiger charge is 2.29. The van der Waals surface area contributed by atoms with Crippen LogP contribution in [0.3, 0.4) is 0 Å². The molecule has 0 aliphatic rings. The first-order valence-corrected chi connectivity index (χ1v) is 5.33. The maximum absolute atomic E-state index is 10.4. The molecule has 82 valence electrons. The molecular formula is C12H16O2S. The number of rotatable bonds is 4. The van der Waals surface area contributed by atoms with E-state index in [4.69, 9.17) is 4.74 Å². The Morgan fingerprint density at radius 1 is 1.40 bits per heavy atom. The number of carbonyl (C=O) groups excluding carboxylic acids is 1. The molecule has 1 aromatic carbocycles. The summed E-state index contributed by atoms with van der Waals surface area (Å²) in [6.45, 7) is 6.31. The molecule has 0 bridgehead atoms. The van der Waals surface area contributed by atoms with Crippen molar-refractivity contribution in [2.45, 2.75) is 37.2 Å². The van der Waals surface area contributed by atoms with E-state index in [9.17, 15) is 4.79 Å². The molecule has 1 rings (SSSR count). The molecule has 1 atom stereocenters. The Morgan fingerprint density at radius 3 is 2.53 bits per heavy atom. The number of thiol groups is 1. The maximum Gasteiger partial charge on any atom is 0.293 e. The van der Waals surface area contributed by atoms with Gasteiger partial charge in [0.2, 0.25) is 0 Å². The minimum absolute atomic E-state index is 0.108. The Hall–Kier alpha value is -0.960. The van der Waals surface area contributed by atoms with E-state index >= 15 is 0 Å². The van der Waals surface area contributed by atoms with Crippen LogP contribution in [-0.2, 0) is 9.53 Å². The van der Waals surface area contributed by atoms with Gasteiger partial charge in [0, 0.05) is 10.8 Å². The number of benzene rings is 1. The van der Waals surface area contributed by atoms with E-state index < -0.39 is 5.60 Å². The van der Waals surface area contributed by atoms with Crippen molar-refractivity contribution in [3.63, 3.8) is 0 Å². The van der Waals surface area contributed by atoms with Gasteiger partial charge in [-0.1, -0.05) is 25.1 Å². The zero-order valence-electron chi connectivity index (χ0n) is 9.23. The SMILES string of the molecule is CC(c1ccccc1S)C(C)(C)OC=O. The predicted molar refractivity (Wildman–Crippen MR) is 63.3 cm³/mol. The fourth-order valence-electron chi connectivity index (χ4n) is 1.45. The third kappa shape index (κ3) is 2.75. The van der Waals surface area contributed by atoms with Crippen LogP contribution >= 0.6 is 12.6 Å². The summed E-state index contributed by atoms with van der Waals surface area (Å²) in [5, 5.41) is 0. The molecule has 1 aromatic rings. The summed E-state index contributed by atoms with van der Waals surface area (Å²) >= 11 is 4.39. The van der Waals surface area contributed by atoms with Gasteiger partial charge in [-0.2, -0.15) is 0 Å². The van der Waals surface area contributed by atoms with E-state index in [1.54, 1.807) is 0 Å². The molecule has 0 spiro atoms. The van der Waals surface area contributed by atoms with Crippen LogP contribution in [0.4, 0.5) is 0 Å². The average molecular weight is 224 g/mol. The molecule has 15 heavy (non-hydrogen) atoms. The second-order valence-corrected chi connectivity index (χ2v) is 4.58. The molecule has 0 radical (unpaired) electrons. The van der Waals surface area contributed by atoms with Crippen LogP contribution in [-0.4, -0.2) is 12.1 Å². The summed E-state index contributed by atoms with van der Waals surface area (Å²) in [7, 11) is 0. The highest BCUT2D eigenvalue weighted by atomic mass is 32.1. The Bertz CT molecular complexity index is 347. The van der Waals surface area contributed by atoms with Crippen LogP contribution in [0.5, 0.6) is 0 Å². The van der Waals surface area contributed by atoms with Gasteiger partial charge in [0.05, 0.1) is 0 Å². The molecule has 0 fully saturated rings. The molecule has 0 saturated heterocycles. The van der Waals surface area contributed by atoms with Crippen molar-refractivity contribution in [3.05, 3.63) is 29.8 Å². The molecule has 0 amide bonds. The first kappa shape index (κ1) is 12.1. The number of hydrogen-bond donors (Lipinski definition) is 1. The van der Waals surface area contributed by atoms with Gasteiger partial charge in [-0.15, -0.1) is 12.6 Å². The lowest BCUT2D eigenvalue weighted by molar-refractivity contribution is -0.142. The van der Waals surface area contributed by atoms with Crippen molar-refractivity contribution in [1.82, 2.24) is 0 Å². The first-order valence-electron chi connectivity index (χ1n) is 4.88. The Balaban J connectivity index is 2.98. The van der Waals surface area contributed by atoms with Gasteiger partial charge in [-0.25, -0.2) is 0 Å². The molecule has 0 N–H and O–H groups in total. The van der Waals surface area contributed by atoms with Crippen molar-refractivity contribution in [2.24, 2.45) is 0 Å². The van der Waals surface area contributed by atoms with E-state index in [0.29, 0.717) is 6.47 Å². The van der Waals surface area contributed by atoms with Crippen molar-refractivity contribution < 1.29 is 9.53 Å². The second-order valence-electron chi connectivity index (χ2n) is 4.10. The number of hydrogen-bond acceptors (Lipinski definition) is 3. The molecular weight excluding hydrogens is 208 g/mol. The Labute approximate surface area is 96.1 Å². The molecule has 0 aromatic heterocycles. The van der Waals surface area contributed by atoms with Gasteiger partial charge in [0.25, 0.3) is 6.47 Å². The summed E-state index contributed by atoms with van der Waals surface area (Å²) < 4.78 is 5.09. The normalized spacial score (nSPS) is 13.3. The summed E-state index contributed by atoms with van der Waals surface area (Å²) in [5.74, 6) is 0.108. The highest BCUT2D eigenvalue weighted by molar-refractivity contribution is 7.80. The van der Waals surface area contributed by atoms with Crippen LogP contribution in [0.15, 0.2) is 29.2 Å². The van der Waals surface area contributed by atoms with Gasteiger partial charge >= 0.3 is 0 Å². The van der Waals surface area contributed by atoms with E-state index in [-0.39, 0.29) is 5.92 Å². The molecule has 0 heterocycles. The standard InChI is InChI=1S/C12H16O2S/c1-9(12(2,3)14-8-13)10-6-4-5-7-11(10)15/h4-9,15H,1-3H3. The average Bonchev–Trinajstić information content (AvgIpc) is 2.17. The molecule has 1 unspecified atom stereocenters. The van der Waals surface area contributed by atoms with E-state index in [2.05, 4.69) is 12.6 Å². The summed E-state index contributed by atoms with van der Waals surface area (Å²) in [6, 6.07) is 7.84. The van der Waals surface area contributed by atoms with Gasteiger partial charge < -0.3 is 4.74 Å².